The lowest BCUT2D eigenvalue weighted by Crippen LogP contribution is -2.23. The maximum absolute atomic E-state index is 6.11. The highest BCUT2D eigenvalue weighted by molar-refractivity contribution is 6.31. The van der Waals surface area contributed by atoms with Gasteiger partial charge in [0.15, 0.2) is 0 Å². The van der Waals surface area contributed by atoms with E-state index in [0.29, 0.717) is 6.04 Å². The molecule has 1 aliphatic carbocycles. The molecule has 3 heteroatoms. The molecule has 0 radical (unpaired) electrons. The van der Waals surface area contributed by atoms with Crippen molar-refractivity contribution >= 4 is 17.3 Å². The molecule has 1 N–H and O–H groups in total. The molecule has 100 valence electrons. The Morgan fingerprint density at radius 2 is 2.17 bits per heavy atom. The molecular formula is C15H22ClNO. The first kappa shape index (κ1) is 13.5. The first-order valence-electron chi connectivity index (χ1n) is 6.71. The number of nitrogens with one attached hydrogen (secondary N) is 1. The average molecular weight is 268 g/mol. The summed E-state index contributed by atoms with van der Waals surface area (Å²) in [5.74, 6) is 1.73. The van der Waals surface area contributed by atoms with Crippen LogP contribution in [0.25, 0.3) is 0 Å². The molecule has 0 heterocycles. The minimum absolute atomic E-state index is 0.477. The second-order valence-electron chi connectivity index (χ2n) is 5.38. The molecule has 1 aromatic rings. The minimum Gasteiger partial charge on any atom is -0.495 e. The minimum atomic E-state index is 0.477. The van der Waals surface area contributed by atoms with Gasteiger partial charge in [0.05, 0.1) is 12.8 Å². The fourth-order valence-corrected chi connectivity index (χ4v) is 2.65. The van der Waals surface area contributed by atoms with E-state index in [0.717, 1.165) is 27.9 Å². The molecule has 0 bridgehead atoms. The molecule has 1 fully saturated rings. The van der Waals surface area contributed by atoms with Gasteiger partial charge in [-0.15, -0.1) is 0 Å². The van der Waals surface area contributed by atoms with Crippen molar-refractivity contribution in [1.29, 1.82) is 0 Å². The third kappa shape index (κ3) is 3.11. The zero-order chi connectivity index (χ0) is 13.1. The molecule has 0 saturated heterocycles. The van der Waals surface area contributed by atoms with E-state index in [1.54, 1.807) is 7.11 Å². The lowest BCUT2D eigenvalue weighted by atomic mass is 9.81. The fourth-order valence-electron chi connectivity index (χ4n) is 2.50. The Kier molecular flexibility index (Phi) is 4.39. The van der Waals surface area contributed by atoms with Crippen molar-refractivity contribution < 1.29 is 4.74 Å². The summed E-state index contributed by atoms with van der Waals surface area (Å²) >= 11 is 6.11. The summed E-state index contributed by atoms with van der Waals surface area (Å²) in [4.78, 5) is 0. The van der Waals surface area contributed by atoms with Gasteiger partial charge in [0.25, 0.3) is 0 Å². The van der Waals surface area contributed by atoms with E-state index in [1.165, 1.54) is 25.7 Å². The molecule has 0 aromatic heterocycles. The van der Waals surface area contributed by atoms with Gasteiger partial charge in [-0.3, -0.25) is 0 Å². The standard InChI is InChI=1S/C15H22ClNO/c1-10-7-14(15(18-3)9-13(10)16)17-11(2)8-12-5-4-6-12/h7,9,11-12,17H,4-6,8H2,1-3H3. The van der Waals surface area contributed by atoms with E-state index in [2.05, 4.69) is 18.3 Å². The molecule has 18 heavy (non-hydrogen) atoms. The largest absolute Gasteiger partial charge is 0.495 e. The predicted molar refractivity (Wildman–Crippen MR) is 77.8 cm³/mol. The average Bonchev–Trinajstić information content (AvgIpc) is 2.28. The Morgan fingerprint density at radius 3 is 2.72 bits per heavy atom. The monoisotopic (exact) mass is 267 g/mol. The Morgan fingerprint density at radius 1 is 1.44 bits per heavy atom. The van der Waals surface area contributed by atoms with E-state index in [9.17, 15) is 0 Å². The normalized spacial score (nSPS) is 17.1. The number of aryl methyl sites for hydroxylation is 1. The number of methoxy groups -OCH3 is 1. The van der Waals surface area contributed by atoms with E-state index in [1.807, 2.05) is 13.0 Å². The Balaban J connectivity index is 2.04. The molecule has 1 saturated carbocycles. The number of benzene rings is 1. The van der Waals surface area contributed by atoms with Crippen LogP contribution in [0.1, 0.15) is 38.2 Å². The quantitative estimate of drug-likeness (QED) is 0.839. The number of halogens is 1. The van der Waals surface area contributed by atoms with Crippen molar-refractivity contribution in [2.75, 3.05) is 12.4 Å². The number of hydrogen-bond donors (Lipinski definition) is 1. The van der Waals surface area contributed by atoms with Crippen molar-refractivity contribution in [3.05, 3.63) is 22.7 Å². The van der Waals surface area contributed by atoms with E-state index >= 15 is 0 Å². The topological polar surface area (TPSA) is 21.3 Å². The molecule has 1 aliphatic rings. The number of rotatable bonds is 5. The maximum Gasteiger partial charge on any atom is 0.143 e. The summed E-state index contributed by atoms with van der Waals surface area (Å²) in [6.45, 7) is 4.26. The smallest absolute Gasteiger partial charge is 0.143 e. The highest BCUT2D eigenvalue weighted by Crippen LogP contribution is 2.34. The van der Waals surface area contributed by atoms with Crippen LogP contribution < -0.4 is 10.1 Å². The van der Waals surface area contributed by atoms with Crippen LogP contribution in [0.2, 0.25) is 5.02 Å². The number of hydrogen-bond acceptors (Lipinski definition) is 2. The Bertz CT molecular complexity index is 415. The molecule has 0 amide bonds. The molecule has 2 rings (SSSR count). The molecular weight excluding hydrogens is 246 g/mol. The second kappa shape index (κ2) is 5.83. The number of ether oxygens (including phenoxy) is 1. The first-order valence-corrected chi connectivity index (χ1v) is 7.08. The van der Waals surface area contributed by atoms with Gasteiger partial charge < -0.3 is 10.1 Å². The van der Waals surface area contributed by atoms with Gasteiger partial charge in [-0.05, 0) is 37.8 Å². The van der Waals surface area contributed by atoms with Crippen LogP contribution in [0.3, 0.4) is 0 Å². The van der Waals surface area contributed by atoms with Crippen molar-refractivity contribution in [1.82, 2.24) is 0 Å². The zero-order valence-corrected chi connectivity index (χ0v) is 12.2. The van der Waals surface area contributed by atoms with Crippen LogP contribution in [0.15, 0.2) is 12.1 Å². The molecule has 0 spiro atoms. The summed E-state index contributed by atoms with van der Waals surface area (Å²) < 4.78 is 5.38. The number of anilines is 1. The zero-order valence-electron chi connectivity index (χ0n) is 11.4. The van der Waals surface area contributed by atoms with Gasteiger partial charge in [0.2, 0.25) is 0 Å². The van der Waals surface area contributed by atoms with Crippen molar-refractivity contribution in [3.63, 3.8) is 0 Å². The van der Waals surface area contributed by atoms with E-state index in [4.69, 9.17) is 16.3 Å². The molecule has 2 nitrogen and oxygen atoms in total. The van der Waals surface area contributed by atoms with Crippen molar-refractivity contribution in [3.8, 4) is 5.75 Å². The lowest BCUT2D eigenvalue weighted by Gasteiger charge is -2.29. The molecule has 1 atom stereocenters. The summed E-state index contributed by atoms with van der Waals surface area (Å²) in [5.41, 5.74) is 2.13. The summed E-state index contributed by atoms with van der Waals surface area (Å²) in [6, 6.07) is 4.43. The Hall–Kier alpha value is -0.890. The first-order chi connectivity index (χ1) is 8.60. The lowest BCUT2D eigenvalue weighted by molar-refractivity contribution is 0.285. The van der Waals surface area contributed by atoms with Gasteiger partial charge in [0, 0.05) is 17.1 Å². The van der Waals surface area contributed by atoms with Crippen LogP contribution in [0.4, 0.5) is 5.69 Å². The van der Waals surface area contributed by atoms with E-state index in [-0.39, 0.29) is 0 Å². The van der Waals surface area contributed by atoms with E-state index < -0.39 is 0 Å². The maximum atomic E-state index is 6.11. The highest BCUT2D eigenvalue weighted by atomic mass is 35.5. The van der Waals surface area contributed by atoms with Gasteiger partial charge >= 0.3 is 0 Å². The van der Waals surface area contributed by atoms with Crippen LogP contribution in [-0.4, -0.2) is 13.2 Å². The van der Waals surface area contributed by atoms with Crippen LogP contribution in [-0.2, 0) is 0 Å². The third-order valence-corrected chi connectivity index (χ3v) is 4.20. The Labute approximate surface area is 115 Å². The van der Waals surface area contributed by atoms with Gasteiger partial charge in [-0.2, -0.15) is 0 Å². The summed E-state index contributed by atoms with van der Waals surface area (Å²) in [6.07, 6.45) is 5.43. The fraction of sp³-hybridized carbons (Fsp3) is 0.600. The van der Waals surface area contributed by atoms with Crippen molar-refractivity contribution in [2.45, 2.75) is 45.6 Å². The molecule has 1 unspecified atom stereocenters. The van der Waals surface area contributed by atoms with Crippen LogP contribution >= 0.6 is 11.6 Å². The van der Waals surface area contributed by atoms with Gasteiger partial charge in [0.1, 0.15) is 5.75 Å². The predicted octanol–water partition coefficient (Wildman–Crippen LogP) is 4.65. The highest BCUT2D eigenvalue weighted by Gasteiger charge is 2.20. The molecule has 0 aliphatic heterocycles. The van der Waals surface area contributed by atoms with Gasteiger partial charge in [-0.25, -0.2) is 0 Å². The summed E-state index contributed by atoms with van der Waals surface area (Å²) in [5, 5.41) is 4.30. The molecule has 1 aromatic carbocycles. The van der Waals surface area contributed by atoms with Crippen molar-refractivity contribution in [2.24, 2.45) is 5.92 Å². The van der Waals surface area contributed by atoms with Gasteiger partial charge in [-0.1, -0.05) is 30.9 Å². The van der Waals surface area contributed by atoms with Crippen LogP contribution in [0, 0.1) is 12.8 Å². The van der Waals surface area contributed by atoms with Crippen LogP contribution in [0.5, 0.6) is 5.75 Å². The second-order valence-corrected chi connectivity index (χ2v) is 5.79. The third-order valence-electron chi connectivity index (χ3n) is 3.79. The summed E-state index contributed by atoms with van der Waals surface area (Å²) in [7, 11) is 1.68. The SMILES string of the molecule is COc1cc(Cl)c(C)cc1NC(C)CC1CCC1.